The third-order valence-electron chi connectivity index (χ3n) is 3.17. The summed E-state index contributed by atoms with van der Waals surface area (Å²) in [6.45, 7) is -0.0639. The average molecular weight is 410 g/mol. The Morgan fingerprint density at radius 1 is 1.12 bits per heavy atom. The van der Waals surface area contributed by atoms with Crippen molar-refractivity contribution in [2.45, 2.75) is 0 Å². The van der Waals surface area contributed by atoms with E-state index < -0.39 is 0 Å². The van der Waals surface area contributed by atoms with Crippen LogP contribution in [0.5, 0.6) is 0 Å². The lowest BCUT2D eigenvalue weighted by Crippen LogP contribution is -2.34. The minimum absolute atomic E-state index is 0.0639. The molecule has 0 aliphatic carbocycles. The van der Waals surface area contributed by atoms with Crippen molar-refractivity contribution < 1.29 is 14.4 Å². The first kappa shape index (κ1) is 18.2. The Bertz CT molecular complexity index is 758. The fourth-order valence-corrected chi connectivity index (χ4v) is 3.34. The van der Waals surface area contributed by atoms with E-state index in [4.69, 9.17) is 0 Å². The van der Waals surface area contributed by atoms with Crippen LogP contribution in [-0.4, -0.2) is 43.3 Å². The quantitative estimate of drug-likeness (QED) is 0.796. The summed E-state index contributed by atoms with van der Waals surface area (Å²) in [6, 6.07) is 10.0. The second-order valence-corrected chi connectivity index (χ2v) is 7.43. The van der Waals surface area contributed by atoms with E-state index in [1.54, 1.807) is 50.5 Å². The highest BCUT2D eigenvalue weighted by molar-refractivity contribution is 9.11. The van der Waals surface area contributed by atoms with Crippen molar-refractivity contribution in [1.82, 2.24) is 10.2 Å². The second-order valence-electron chi connectivity index (χ2n) is 4.97. The number of rotatable bonds is 5. The first-order valence-electron chi connectivity index (χ1n) is 7.03. The molecule has 1 heterocycles. The van der Waals surface area contributed by atoms with E-state index in [0.717, 1.165) is 3.79 Å². The van der Waals surface area contributed by atoms with Gasteiger partial charge in [0.15, 0.2) is 0 Å². The molecular formula is C16H16BrN3O3S. The molecule has 1 aromatic heterocycles. The SMILES string of the molecule is CNC(=O)c1ccc(NC(=O)CN(C)C(=O)c2ccc(Br)s2)cc1. The van der Waals surface area contributed by atoms with E-state index in [-0.39, 0.29) is 24.3 Å². The first-order valence-corrected chi connectivity index (χ1v) is 8.64. The number of likely N-dealkylation sites (N-methyl/N-ethyl adjacent to an activating group) is 1. The molecule has 6 nitrogen and oxygen atoms in total. The number of nitrogens with zero attached hydrogens (tertiary/aromatic N) is 1. The van der Waals surface area contributed by atoms with Crippen LogP contribution < -0.4 is 10.6 Å². The van der Waals surface area contributed by atoms with Gasteiger partial charge < -0.3 is 15.5 Å². The second kappa shape index (κ2) is 8.07. The van der Waals surface area contributed by atoms with E-state index in [2.05, 4.69) is 26.6 Å². The Hall–Kier alpha value is -2.19. The van der Waals surface area contributed by atoms with Crippen molar-refractivity contribution in [2.75, 3.05) is 26.0 Å². The molecule has 126 valence electrons. The Kier molecular flexibility index (Phi) is 6.10. The van der Waals surface area contributed by atoms with Gasteiger partial charge in [-0.2, -0.15) is 0 Å². The van der Waals surface area contributed by atoms with Crippen LogP contribution >= 0.6 is 27.3 Å². The number of amides is 3. The van der Waals surface area contributed by atoms with Crippen LogP contribution in [0.25, 0.3) is 0 Å². The van der Waals surface area contributed by atoms with Crippen LogP contribution in [0.4, 0.5) is 5.69 Å². The lowest BCUT2D eigenvalue weighted by atomic mass is 10.2. The standard InChI is InChI=1S/C16H16BrN3O3S/c1-18-15(22)10-3-5-11(6-4-10)19-14(21)9-20(2)16(23)12-7-8-13(17)24-12/h3-8H,9H2,1-2H3,(H,18,22)(H,19,21). The molecule has 2 rings (SSSR count). The number of hydrogen-bond acceptors (Lipinski definition) is 4. The molecule has 24 heavy (non-hydrogen) atoms. The third-order valence-corrected chi connectivity index (χ3v) is 4.78. The average Bonchev–Trinajstić information content (AvgIpc) is 3.00. The summed E-state index contributed by atoms with van der Waals surface area (Å²) in [7, 11) is 3.13. The van der Waals surface area contributed by atoms with Gasteiger partial charge in [0.2, 0.25) is 5.91 Å². The van der Waals surface area contributed by atoms with E-state index in [1.165, 1.54) is 16.2 Å². The summed E-state index contributed by atoms with van der Waals surface area (Å²) >= 11 is 4.62. The fourth-order valence-electron chi connectivity index (χ4n) is 1.95. The van der Waals surface area contributed by atoms with Crippen molar-refractivity contribution in [3.8, 4) is 0 Å². The van der Waals surface area contributed by atoms with Crippen molar-refractivity contribution in [3.05, 3.63) is 50.6 Å². The Morgan fingerprint density at radius 2 is 1.79 bits per heavy atom. The van der Waals surface area contributed by atoms with Crippen LogP contribution in [0.2, 0.25) is 0 Å². The highest BCUT2D eigenvalue weighted by Gasteiger charge is 2.16. The molecule has 0 aliphatic rings. The molecular weight excluding hydrogens is 394 g/mol. The van der Waals surface area contributed by atoms with Gasteiger partial charge in [-0.25, -0.2) is 0 Å². The summed E-state index contributed by atoms with van der Waals surface area (Å²) in [5, 5.41) is 5.22. The van der Waals surface area contributed by atoms with Gasteiger partial charge in [-0.05, 0) is 52.3 Å². The number of anilines is 1. The zero-order valence-electron chi connectivity index (χ0n) is 13.1. The molecule has 3 amide bonds. The van der Waals surface area contributed by atoms with Gasteiger partial charge in [0.1, 0.15) is 0 Å². The van der Waals surface area contributed by atoms with Crippen LogP contribution in [0.3, 0.4) is 0 Å². The molecule has 0 unspecified atom stereocenters. The van der Waals surface area contributed by atoms with E-state index >= 15 is 0 Å². The van der Waals surface area contributed by atoms with Crippen molar-refractivity contribution in [2.24, 2.45) is 0 Å². The third kappa shape index (κ3) is 4.65. The van der Waals surface area contributed by atoms with Gasteiger partial charge in [-0.1, -0.05) is 0 Å². The zero-order chi connectivity index (χ0) is 17.7. The topological polar surface area (TPSA) is 78.5 Å². The number of carbonyl (C=O) groups excluding carboxylic acids is 3. The van der Waals surface area contributed by atoms with Crippen LogP contribution in [-0.2, 0) is 4.79 Å². The van der Waals surface area contributed by atoms with E-state index in [1.807, 2.05) is 0 Å². The predicted molar refractivity (Wildman–Crippen MR) is 97.4 cm³/mol. The van der Waals surface area contributed by atoms with Gasteiger partial charge in [0.05, 0.1) is 15.2 Å². The van der Waals surface area contributed by atoms with Gasteiger partial charge in [-0.15, -0.1) is 11.3 Å². The highest BCUT2D eigenvalue weighted by Crippen LogP contribution is 2.23. The summed E-state index contributed by atoms with van der Waals surface area (Å²) in [5.74, 6) is -0.717. The minimum Gasteiger partial charge on any atom is -0.355 e. The maximum Gasteiger partial charge on any atom is 0.264 e. The maximum atomic E-state index is 12.2. The molecule has 0 saturated heterocycles. The Labute approximate surface area is 152 Å². The van der Waals surface area contributed by atoms with Crippen LogP contribution in [0.15, 0.2) is 40.2 Å². The molecule has 0 spiro atoms. The number of carbonyl (C=O) groups is 3. The zero-order valence-corrected chi connectivity index (χ0v) is 15.5. The molecule has 0 bridgehead atoms. The smallest absolute Gasteiger partial charge is 0.264 e. The molecule has 8 heteroatoms. The van der Waals surface area contributed by atoms with Crippen LogP contribution in [0, 0.1) is 0 Å². The monoisotopic (exact) mass is 409 g/mol. The summed E-state index contributed by atoms with van der Waals surface area (Å²) < 4.78 is 0.861. The highest BCUT2D eigenvalue weighted by atomic mass is 79.9. The minimum atomic E-state index is -0.311. The summed E-state index contributed by atoms with van der Waals surface area (Å²) in [5.41, 5.74) is 1.07. The molecule has 0 radical (unpaired) electrons. The molecule has 0 aliphatic heterocycles. The predicted octanol–water partition coefficient (Wildman–Crippen LogP) is 2.58. The molecule has 0 fully saturated rings. The largest absolute Gasteiger partial charge is 0.355 e. The summed E-state index contributed by atoms with van der Waals surface area (Å²) in [6.07, 6.45) is 0. The van der Waals surface area contributed by atoms with Crippen molar-refractivity contribution in [1.29, 1.82) is 0 Å². The molecule has 0 atom stereocenters. The number of nitrogens with one attached hydrogen (secondary N) is 2. The maximum absolute atomic E-state index is 12.2. The molecule has 2 N–H and O–H groups in total. The molecule has 1 aromatic carbocycles. The van der Waals surface area contributed by atoms with Gasteiger partial charge in [0, 0.05) is 25.3 Å². The van der Waals surface area contributed by atoms with Gasteiger partial charge in [-0.3, -0.25) is 14.4 Å². The first-order chi connectivity index (χ1) is 11.4. The normalized spacial score (nSPS) is 10.1. The number of benzene rings is 1. The lowest BCUT2D eigenvalue weighted by molar-refractivity contribution is -0.116. The number of thiophene rings is 1. The molecule has 0 saturated carbocycles. The van der Waals surface area contributed by atoms with E-state index in [9.17, 15) is 14.4 Å². The van der Waals surface area contributed by atoms with Crippen LogP contribution in [0.1, 0.15) is 20.0 Å². The van der Waals surface area contributed by atoms with Gasteiger partial charge in [0.25, 0.3) is 11.8 Å². The Morgan fingerprint density at radius 3 is 2.33 bits per heavy atom. The Balaban J connectivity index is 1.92. The fraction of sp³-hybridized carbons (Fsp3) is 0.188. The van der Waals surface area contributed by atoms with Crippen molar-refractivity contribution >= 4 is 50.7 Å². The van der Waals surface area contributed by atoms with Gasteiger partial charge >= 0.3 is 0 Å². The lowest BCUT2D eigenvalue weighted by Gasteiger charge is -2.16. The van der Waals surface area contributed by atoms with E-state index in [0.29, 0.717) is 16.1 Å². The summed E-state index contributed by atoms with van der Waals surface area (Å²) in [4.78, 5) is 37.6. The van der Waals surface area contributed by atoms with Crippen molar-refractivity contribution in [3.63, 3.8) is 0 Å². The number of hydrogen-bond donors (Lipinski definition) is 2. The molecule has 2 aromatic rings. The number of halogens is 1.